The maximum atomic E-state index is 12.5. The minimum absolute atomic E-state index is 0.0476. The Labute approximate surface area is 201 Å². The highest BCUT2D eigenvalue weighted by Crippen LogP contribution is 2.33. The summed E-state index contributed by atoms with van der Waals surface area (Å²) >= 11 is 1.77. The van der Waals surface area contributed by atoms with E-state index in [2.05, 4.69) is 15.5 Å². The van der Waals surface area contributed by atoms with Crippen LogP contribution in [0.25, 0.3) is 0 Å². The van der Waals surface area contributed by atoms with Gasteiger partial charge in [-0.2, -0.15) is 0 Å². The summed E-state index contributed by atoms with van der Waals surface area (Å²) in [6.07, 6.45) is 0. The van der Waals surface area contributed by atoms with Gasteiger partial charge in [-0.25, -0.2) is 4.79 Å². The van der Waals surface area contributed by atoms with Crippen LogP contribution >= 0.6 is 11.8 Å². The number of amides is 3. The molecular formula is C26H22N4O3S. The molecule has 3 aromatic carbocycles. The quantitative estimate of drug-likeness (QED) is 0.542. The molecule has 0 radical (unpaired) electrons. The number of imide groups is 1. The fourth-order valence-electron chi connectivity index (χ4n) is 3.98. The molecule has 2 aliphatic rings. The fraction of sp³-hybridized carbons (Fsp3) is 0.154. The number of urea groups is 1. The normalized spacial score (nSPS) is 16.5. The Kier molecular flexibility index (Phi) is 6.14. The van der Waals surface area contributed by atoms with Crippen LogP contribution in [0.3, 0.4) is 0 Å². The number of nitrogens with one attached hydrogen (secondary N) is 2. The van der Waals surface area contributed by atoms with Crippen molar-refractivity contribution in [3.05, 3.63) is 101 Å². The van der Waals surface area contributed by atoms with E-state index in [-0.39, 0.29) is 17.4 Å². The molecule has 1 saturated heterocycles. The van der Waals surface area contributed by atoms with Crippen LogP contribution in [0.4, 0.5) is 10.5 Å². The van der Waals surface area contributed by atoms with Gasteiger partial charge in [-0.15, -0.1) is 0 Å². The average molecular weight is 471 g/mol. The molecule has 0 spiro atoms. The number of carbonyl (C=O) groups is 3. The van der Waals surface area contributed by atoms with E-state index in [1.807, 2.05) is 24.3 Å². The van der Waals surface area contributed by atoms with Crippen LogP contribution in [0.1, 0.15) is 37.9 Å². The first-order valence-corrected chi connectivity index (χ1v) is 11.9. The van der Waals surface area contributed by atoms with Crippen molar-refractivity contribution >= 4 is 40.3 Å². The number of anilines is 1. The molecule has 34 heavy (non-hydrogen) atoms. The largest absolute Gasteiger partial charge is 0.348 e. The van der Waals surface area contributed by atoms with Crippen molar-refractivity contribution in [1.82, 2.24) is 10.2 Å². The van der Waals surface area contributed by atoms with E-state index in [4.69, 9.17) is 4.99 Å². The summed E-state index contributed by atoms with van der Waals surface area (Å²) < 4.78 is 0. The zero-order valence-electron chi connectivity index (χ0n) is 18.2. The van der Waals surface area contributed by atoms with E-state index >= 15 is 0 Å². The summed E-state index contributed by atoms with van der Waals surface area (Å²) in [5.74, 6) is 0.400. The van der Waals surface area contributed by atoms with Gasteiger partial charge in [-0.3, -0.25) is 19.9 Å². The Bertz CT molecular complexity index is 1270. The van der Waals surface area contributed by atoms with E-state index in [1.165, 1.54) is 12.1 Å². The van der Waals surface area contributed by atoms with Crippen LogP contribution in [0.5, 0.6) is 0 Å². The van der Waals surface area contributed by atoms with E-state index in [9.17, 15) is 14.4 Å². The Morgan fingerprint density at radius 3 is 2.38 bits per heavy atom. The van der Waals surface area contributed by atoms with E-state index in [0.717, 1.165) is 29.6 Å². The van der Waals surface area contributed by atoms with Gasteiger partial charge < -0.3 is 10.2 Å². The molecule has 1 atom stereocenters. The lowest BCUT2D eigenvalue weighted by atomic mass is 10.0. The third-order valence-electron chi connectivity index (χ3n) is 5.72. The van der Waals surface area contributed by atoms with E-state index in [1.54, 1.807) is 54.2 Å². The van der Waals surface area contributed by atoms with Crippen LogP contribution in [0.2, 0.25) is 0 Å². The molecule has 2 heterocycles. The maximum absolute atomic E-state index is 12.5. The lowest BCUT2D eigenvalue weighted by Crippen LogP contribution is -2.34. The second-order valence-corrected chi connectivity index (χ2v) is 9.09. The number of carbonyl (C=O) groups excluding carboxylic acids is 3. The number of hydrogen-bond donors (Lipinski definition) is 2. The van der Waals surface area contributed by atoms with Gasteiger partial charge in [-0.1, -0.05) is 66.4 Å². The molecular weight excluding hydrogens is 448 g/mol. The number of hydrogen-bond acceptors (Lipinski definition) is 6. The fourth-order valence-corrected chi connectivity index (χ4v) is 5.02. The predicted molar refractivity (Wildman–Crippen MR) is 133 cm³/mol. The predicted octanol–water partition coefficient (Wildman–Crippen LogP) is 4.34. The van der Waals surface area contributed by atoms with Crippen molar-refractivity contribution in [3.63, 3.8) is 0 Å². The van der Waals surface area contributed by atoms with Crippen LogP contribution in [-0.4, -0.2) is 46.6 Å². The molecule has 2 N–H and O–H groups in total. The van der Waals surface area contributed by atoms with Gasteiger partial charge in [0.2, 0.25) is 0 Å². The summed E-state index contributed by atoms with van der Waals surface area (Å²) in [4.78, 5) is 44.5. The Morgan fingerprint density at radius 2 is 1.62 bits per heavy atom. The number of amidine groups is 1. The van der Waals surface area contributed by atoms with Gasteiger partial charge >= 0.3 is 6.03 Å². The van der Waals surface area contributed by atoms with Crippen molar-refractivity contribution in [2.24, 2.45) is 4.99 Å². The third kappa shape index (κ3) is 4.72. The highest BCUT2D eigenvalue weighted by Gasteiger charge is 2.30. The zero-order valence-corrected chi connectivity index (χ0v) is 19.0. The lowest BCUT2D eigenvalue weighted by Gasteiger charge is -2.14. The van der Waals surface area contributed by atoms with Crippen molar-refractivity contribution in [1.29, 1.82) is 0 Å². The Morgan fingerprint density at radius 1 is 0.882 bits per heavy atom. The van der Waals surface area contributed by atoms with Crippen molar-refractivity contribution in [2.75, 3.05) is 24.2 Å². The first-order chi connectivity index (χ1) is 16.6. The molecule has 0 aromatic heterocycles. The minimum atomic E-state index is -0.625. The SMILES string of the molecule is O=C(NC(=O)c1ccc(C(=O)c2ccccc2)cc1)Nc1cccc(C2CN3CCSC3=N2)c1. The second kappa shape index (κ2) is 9.52. The molecule has 7 nitrogen and oxygen atoms in total. The number of rotatable bonds is 5. The van der Waals surface area contributed by atoms with Crippen LogP contribution in [0.15, 0.2) is 83.9 Å². The molecule has 2 aliphatic heterocycles. The number of benzene rings is 3. The zero-order chi connectivity index (χ0) is 23.5. The van der Waals surface area contributed by atoms with Crippen molar-refractivity contribution < 1.29 is 14.4 Å². The first kappa shape index (κ1) is 21.9. The van der Waals surface area contributed by atoms with E-state index in [0.29, 0.717) is 16.8 Å². The number of nitrogens with zero attached hydrogens (tertiary/aromatic N) is 2. The highest BCUT2D eigenvalue weighted by atomic mass is 32.2. The van der Waals surface area contributed by atoms with Gasteiger partial charge in [0, 0.05) is 41.2 Å². The van der Waals surface area contributed by atoms with Crippen LogP contribution < -0.4 is 10.6 Å². The Hall–Kier alpha value is -3.91. The topological polar surface area (TPSA) is 90.9 Å². The van der Waals surface area contributed by atoms with Crippen molar-refractivity contribution in [2.45, 2.75) is 6.04 Å². The van der Waals surface area contributed by atoms with Crippen LogP contribution in [0, 0.1) is 0 Å². The monoisotopic (exact) mass is 470 g/mol. The molecule has 0 aliphatic carbocycles. The van der Waals surface area contributed by atoms with Gasteiger partial charge in [0.05, 0.1) is 6.04 Å². The molecule has 3 aromatic rings. The average Bonchev–Trinajstić information content (AvgIpc) is 3.47. The first-order valence-electron chi connectivity index (χ1n) is 10.9. The van der Waals surface area contributed by atoms with Gasteiger partial charge in [0.15, 0.2) is 11.0 Å². The number of aliphatic imine (C=N–C) groups is 1. The number of ketones is 1. The summed E-state index contributed by atoms with van der Waals surface area (Å²) in [6.45, 7) is 1.86. The molecule has 0 saturated carbocycles. The molecule has 5 rings (SSSR count). The summed E-state index contributed by atoms with van der Waals surface area (Å²) in [7, 11) is 0. The summed E-state index contributed by atoms with van der Waals surface area (Å²) in [5, 5.41) is 6.14. The van der Waals surface area contributed by atoms with Gasteiger partial charge in [0.1, 0.15) is 0 Å². The molecule has 8 heteroatoms. The Balaban J connectivity index is 1.19. The second-order valence-electron chi connectivity index (χ2n) is 8.03. The highest BCUT2D eigenvalue weighted by molar-refractivity contribution is 8.14. The molecule has 170 valence electrons. The number of thioether (sulfide) groups is 1. The molecule has 1 fully saturated rings. The lowest BCUT2D eigenvalue weighted by molar-refractivity contribution is 0.0965. The van der Waals surface area contributed by atoms with Gasteiger partial charge in [0.25, 0.3) is 5.91 Å². The summed E-state index contributed by atoms with van der Waals surface area (Å²) in [6, 6.07) is 22.1. The van der Waals surface area contributed by atoms with Crippen LogP contribution in [-0.2, 0) is 0 Å². The van der Waals surface area contributed by atoms with Gasteiger partial charge in [-0.05, 0) is 29.8 Å². The number of fused-ring (bicyclic) bond motifs is 1. The molecule has 3 amide bonds. The molecule has 0 bridgehead atoms. The van der Waals surface area contributed by atoms with Crippen molar-refractivity contribution in [3.8, 4) is 0 Å². The van der Waals surface area contributed by atoms with E-state index < -0.39 is 11.9 Å². The standard InChI is InChI=1S/C26H22N4O3S/c31-23(17-5-2-1-3-6-17)18-9-11-19(12-10-18)24(32)29-25(33)27-21-8-4-7-20(15-21)22-16-30-13-14-34-26(30)28-22/h1-12,15,22H,13-14,16H2,(H2,27,29,32,33). The third-order valence-corrected chi connectivity index (χ3v) is 6.73. The minimum Gasteiger partial charge on any atom is -0.348 e. The molecule has 1 unspecified atom stereocenters. The summed E-state index contributed by atoms with van der Waals surface area (Å²) in [5.41, 5.74) is 2.94. The smallest absolute Gasteiger partial charge is 0.326 e. The maximum Gasteiger partial charge on any atom is 0.326 e.